The molecule has 2 aromatic rings. The Morgan fingerprint density at radius 3 is 2.44 bits per heavy atom. The monoisotopic (exact) mass is 554 g/mol. The number of hydrogen-bond acceptors (Lipinski definition) is 4. The molecule has 0 heterocycles. The Bertz CT molecular complexity index is 1210. The SMILES string of the molecule is CNC(=O)Nc1ccc2c(c1)CCC2C[N+]([O-])(CC(=O)N(Cc1ccc(F)cc1)C(C)CC(F)(F)F)C(=O)O. The summed E-state index contributed by atoms with van der Waals surface area (Å²) in [4.78, 5) is 37.7. The second kappa shape index (κ2) is 12.0. The first-order valence-corrected chi connectivity index (χ1v) is 12.2. The number of hydroxylamine groups is 3. The number of quaternary nitrogens is 1. The van der Waals surface area contributed by atoms with Crippen LogP contribution in [0.15, 0.2) is 42.5 Å². The summed E-state index contributed by atoms with van der Waals surface area (Å²) in [7, 11) is 1.46. The normalized spacial score (nSPS) is 17.1. The van der Waals surface area contributed by atoms with Crippen molar-refractivity contribution in [3.05, 3.63) is 70.2 Å². The van der Waals surface area contributed by atoms with Gasteiger partial charge < -0.3 is 25.8 Å². The first-order valence-electron chi connectivity index (χ1n) is 12.2. The number of hydrogen-bond donors (Lipinski definition) is 3. The molecule has 2 aromatic carbocycles. The minimum atomic E-state index is -4.62. The average Bonchev–Trinajstić information content (AvgIpc) is 3.23. The van der Waals surface area contributed by atoms with Gasteiger partial charge in [-0.05, 0) is 60.7 Å². The maximum Gasteiger partial charge on any atom is 0.514 e. The van der Waals surface area contributed by atoms with Crippen LogP contribution < -0.4 is 10.6 Å². The number of carboxylic acid groups (broad SMARTS) is 1. The Kier molecular flexibility index (Phi) is 9.18. The average molecular weight is 555 g/mol. The zero-order valence-electron chi connectivity index (χ0n) is 21.4. The summed E-state index contributed by atoms with van der Waals surface area (Å²) in [5.74, 6) is -2.15. The number of benzene rings is 2. The maximum absolute atomic E-state index is 13.5. The van der Waals surface area contributed by atoms with Crippen molar-refractivity contribution in [2.45, 2.75) is 50.9 Å². The molecule has 0 aromatic heterocycles. The second-order valence-electron chi connectivity index (χ2n) is 9.68. The molecule has 3 atom stereocenters. The molecule has 4 amide bonds. The molecule has 13 heteroatoms. The molecule has 3 unspecified atom stereocenters. The van der Waals surface area contributed by atoms with Gasteiger partial charge in [0.2, 0.25) is 0 Å². The van der Waals surface area contributed by atoms with E-state index in [1.807, 2.05) is 0 Å². The van der Waals surface area contributed by atoms with Crippen LogP contribution in [-0.2, 0) is 17.8 Å². The summed E-state index contributed by atoms with van der Waals surface area (Å²) in [6.45, 7) is -0.814. The summed E-state index contributed by atoms with van der Waals surface area (Å²) in [6, 6.07) is 7.97. The predicted molar refractivity (Wildman–Crippen MR) is 134 cm³/mol. The van der Waals surface area contributed by atoms with E-state index in [9.17, 15) is 42.3 Å². The van der Waals surface area contributed by atoms with Gasteiger partial charge in [-0.1, -0.05) is 18.2 Å². The van der Waals surface area contributed by atoms with Crippen LogP contribution >= 0.6 is 0 Å². The molecule has 0 saturated carbocycles. The third kappa shape index (κ3) is 7.90. The molecule has 9 nitrogen and oxygen atoms in total. The number of urea groups is 1. The molecule has 0 aliphatic heterocycles. The predicted octanol–water partition coefficient (Wildman–Crippen LogP) is 4.97. The van der Waals surface area contributed by atoms with E-state index in [2.05, 4.69) is 10.6 Å². The van der Waals surface area contributed by atoms with E-state index < -0.39 is 66.1 Å². The Balaban J connectivity index is 1.81. The maximum atomic E-state index is 13.5. The number of alkyl halides is 3. The summed E-state index contributed by atoms with van der Waals surface area (Å²) >= 11 is 0. The molecule has 0 bridgehead atoms. The number of aryl methyl sites for hydroxylation is 1. The van der Waals surface area contributed by atoms with Gasteiger partial charge in [0, 0.05) is 31.2 Å². The number of carbonyl (C=O) groups excluding carboxylic acids is 2. The van der Waals surface area contributed by atoms with Crippen molar-refractivity contribution < 1.29 is 41.7 Å². The molecule has 1 aliphatic rings. The van der Waals surface area contributed by atoms with Crippen LogP contribution in [0, 0.1) is 11.0 Å². The van der Waals surface area contributed by atoms with Crippen molar-refractivity contribution in [1.29, 1.82) is 0 Å². The highest BCUT2D eigenvalue weighted by Gasteiger charge is 2.40. The third-order valence-electron chi connectivity index (χ3n) is 6.73. The molecule has 1 aliphatic carbocycles. The van der Waals surface area contributed by atoms with Crippen LogP contribution in [0.5, 0.6) is 0 Å². The summed E-state index contributed by atoms with van der Waals surface area (Å²) in [6.07, 6.45) is -6.88. The van der Waals surface area contributed by atoms with Crippen LogP contribution in [0.3, 0.4) is 0 Å². The van der Waals surface area contributed by atoms with E-state index >= 15 is 0 Å². The molecule has 3 rings (SSSR count). The van der Waals surface area contributed by atoms with Crippen molar-refractivity contribution in [2.75, 3.05) is 25.5 Å². The number of anilines is 1. The molecular formula is C26H30F4N4O5. The van der Waals surface area contributed by atoms with E-state index in [1.54, 1.807) is 18.2 Å². The standard InChI is InChI=1S/C26H30F4N4O5/c1-16(12-26(28,29)30)33(13-17-3-7-20(27)8-4-17)23(35)15-34(39,25(37)38)14-19-6-5-18-11-21(9-10-22(18)19)32-24(36)31-2/h3-4,7-11,16,19H,5-6,12-15H2,1-2H3,(H,37,38)(H2,31,32,36). The minimum absolute atomic E-state index is 0.323. The van der Waals surface area contributed by atoms with E-state index in [4.69, 9.17) is 0 Å². The smallest absolute Gasteiger partial charge is 0.514 e. The number of rotatable bonds is 9. The number of fused-ring (bicyclic) bond motifs is 1. The highest BCUT2D eigenvalue weighted by molar-refractivity contribution is 5.89. The van der Waals surface area contributed by atoms with Crippen LogP contribution in [0.4, 0.5) is 32.8 Å². The minimum Gasteiger partial charge on any atom is -0.622 e. The van der Waals surface area contributed by atoms with Crippen molar-refractivity contribution in [1.82, 2.24) is 10.2 Å². The highest BCUT2D eigenvalue weighted by Crippen LogP contribution is 2.37. The van der Waals surface area contributed by atoms with E-state index in [0.717, 1.165) is 29.5 Å². The molecule has 39 heavy (non-hydrogen) atoms. The Morgan fingerprint density at radius 2 is 1.85 bits per heavy atom. The molecule has 212 valence electrons. The number of amides is 4. The Hall–Kier alpha value is -3.71. The van der Waals surface area contributed by atoms with Crippen molar-refractivity contribution in [3.8, 4) is 0 Å². The molecule has 0 radical (unpaired) electrons. The first kappa shape index (κ1) is 29.8. The molecule has 3 N–H and O–H groups in total. The zero-order valence-corrected chi connectivity index (χ0v) is 21.4. The topological polar surface area (TPSA) is 122 Å². The molecular weight excluding hydrogens is 524 g/mol. The van der Waals surface area contributed by atoms with Crippen LogP contribution in [0.1, 0.15) is 42.4 Å². The lowest BCUT2D eigenvalue weighted by atomic mass is 10.00. The fourth-order valence-corrected chi connectivity index (χ4v) is 4.76. The second-order valence-corrected chi connectivity index (χ2v) is 9.68. The summed E-state index contributed by atoms with van der Waals surface area (Å²) in [5.41, 5.74) is 2.36. The van der Waals surface area contributed by atoms with Crippen molar-refractivity contribution >= 4 is 23.7 Å². The van der Waals surface area contributed by atoms with Gasteiger partial charge in [-0.2, -0.15) is 18.0 Å². The number of nitrogens with zero attached hydrogens (tertiary/aromatic N) is 2. The van der Waals surface area contributed by atoms with Crippen LogP contribution in [0.2, 0.25) is 0 Å². The largest absolute Gasteiger partial charge is 0.622 e. The van der Waals surface area contributed by atoms with E-state index in [-0.39, 0.29) is 6.54 Å². The van der Waals surface area contributed by atoms with Crippen molar-refractivity contribution in [3.63, 3.8) is 0 Å². The first-order chi connectivity index (χ1) is 18.2. The van der Waals surface area contributed by atoms with Crippen LogP contribution in [0.25, 0.3) is 0 Å². The van der Waals surface area contributed by atoms with Gasteiger partial charge in [0.15, 0.2) is 6.54 Å². The van der Waals surface area contributed by atoms with Gasteiger partial charge in [0.25, 0.3) is 5.91 Å². The van der Waals surface area contributed by atoms with Gasteiger partial charge in [-0.3, -0.25) is 9.44 Å². The van der Waals surface area contributed by atoms with E-state index in [0.29, 0.717) is 29.7 Å². The lowest BCUT2D eigenvalue weighted by molar-refractivity contribution is -0.800. The molecule has 0 fully saturated rings. The van der Waals surface area contributed by atoms with Gasteiger partial charge in [0.05, 0.1) is 13.0 Å². The quantitative estimate of drug-likeness (QED) is 0.230. The van der Waals surface area contributed by atoms with Crippen LogP contribution in [-0.4, -0.2) is 65.0 Å². The highest BCUT2D eigenvalue weighted by atomic mass is 19.4. The lowest BCUT2D eigenvalue weighted by Crippen LogP contribution is -2.56. The third-order valence-corrected chi connectivity index (χ3v) is 6.73. The summed E-state index contributed by atoms with van der Waals surface area (Å²) < 4.78 is 50.8. The van der Waals surface area contributed by atoms with Gasteiger partial charge in [0.1, 0.15) is 5.82 Å². The number of carbonyl (C=O) groups is 3. The summed E-state index contributed by atoms with van der Waals surface area (Å²) in [5, 5.41) is 28.3. The van der Waals surface area contributed by atoms with Crippen molar-refractivity contribution in [2.24, 2.45) is 0 Å². The molecule has 0 spiro atoms. The fourth-order valence-electron chi connectivity index (χ4n) is 4.76. The van der Waals surface area contributed by atoms with Gasteiger partial charge in [-0.25, -0.2) is 9.18 Å². The lowest BCUT2D eigenvalue weighted by Gasteiger charge is -2.40. The molecule has 0 saturated heterocycles. The number of nitrogens with one attached hydrogen (secondary N) is 2. The number of halogens is 4. The van der Waals surface area contributed by atoms with Gasteiger partial charge in [-0.15, -0.1) is 0 Å². The fraction of sp³-hybridized carbons (Fsp3) is 0.423. The van der Waals surface area contributed by atoms with E-state index in [1.165, 1.54) is 19.2 Å². The zero-order chi connectivity index (χ0) is 29.0. The Morgan fingerprint density at radius 1 is 1.18 bits per heavy atom. The van der Waals surface area contributed by atoms with Gasteiger partial charge >= 0.3 is 18.3 Å². The Labute approximate surface area is 222 Å².